The van der Waals surface area contributed by atoms with E-state index >= 15 is 0 Å². The normalized spacial score (nSPS) is 10.2. The van der Waals surface area contributed by atoms with Crippen molar-refractivity contribution < 1.29 is 0 Å². The van der Waals surface area contributed by atoms with Gasteiger partial charge >= 0.3 is 0 Å². The first-order valence-corrected chi connectivity index (χ1v) is 6.17. The van der Waals surface area contributed by atoms with E-state index < -0.39 is 0 Å². The number of hydrogen-bond donors (Lipinski definition) is 2. The summed E-state index contributed by atoms with van der Waals surface area (Å²) >= 11 is 1.65. The SMILES string of the molecule is Cc1cccc(C(=N)N)c1Sc1ccccc1. The third-order valence-electron chi connectivity index (χ3n) is 2.47. The summed E-state index contributed by atoms with van der Waals surface area (Å²) in [4.78, 5) is 2.22. The van der Waals surface area contributed by atoms with E-state index in [1.54, 1.807) is 11.8 Å². The fourth-order valence-corrected chi connectivity index (χ4v) is 2.65. The van der Waals surface area contributed by atoms with Gasteiger partial charge in [0.2, 0.25) is 0 Å². The highest BCUT2D eigenvalue weighted by molar-refractivity contribution is 7.99. The number of nitrogens with two attached hydrogens (primary N) is 1. The van der Waals surface area contributed by atoms with Gasteiger partial charge in [0.05, 0.1) is 0 Å². The predicted octanol–water partition coefficient (Wildman–Crippen LogP) is 3.43. The van der Waals surface area contributed by atoms with Crippen LogP contribution in [0.5, 0.6) is 0 Å². The molecule has 17 heavy (non-hydrogen) atoms. The zero-order chi connectivity index (χ0) is 12.3. The molecule has 0 saturated heterocycles. The molecule has 3 heteroatoms. The Labute approximate surface area is 105 Å². The fraction of sp³-hybridized carbons (Fsp3) is 0.0714. The highest BCUT2D eigenvalue weighted by Crippen LogP contribution is 2.32. The lowest BCUT2D eigenvalue weighted by atomic mass is 10.1. The predicted molar refractivity (Wildman–Crippen MR) is 72.8 cm³/mol. The Hall–Kier alpha value is -1.74. The molecular weight excluding hydrogens is 228 g/mol. The second kappa shape index (κ2) is 5.06. The maximum Gasteiger partial charge on any atom is 0.123 e. The van der Waals surface area contributed by atoms with E-state index in [0.29, 0.717) is 0 Å². The van der Waals surface area contributed by atoms with Crippen LogP contribution in [0.4, 0.5) is 0 Å². The molecule has 0 atom stereocenters. The molecule has 0 unspecified atom stereocenters. The largest absolute Gasteiger partial charge is 0.384 e. The highest BCUT2D eigenvalue weighted by atomic mass is 32.2. The molecule has 2 aromatic rings. The van der Waals surface area contributed by atoms with E-state index in [2.05, 4.69) is 12.1 Å². The minimum atomic E-state index is 0.118. The van der Waals surface area contributed by atoms with Gasteiger partial charge in [0, 0.05) is 15.4 Å². The van der Waals surface area contributed by atoms with Crippen molar-refractivity contribution in [3.63, 3.8) is 0 Å². The number of rotatable bonds is 3. The molecular formula is C14H14N2S. The average Bonchev–Trinajstić information content (AvgIpc) is 2.33. The highest BCUT2D eigenvalue weighted by Gasteiger charge is 2.09. The second-order valence-electron chi connectivity index (χ2n) is 3.78. The van der Waals surface area contributed by atoms with Crippen LogP contribution in [0.15, 0.2) is 58.3 Å². The molecule has 2 nitrogen and oxygen atoms in total. The molecule has 2 aromatic carbocycles. The van der Waals surface area contributed by atoms with Gasteiger partial charge in [-0.05, 0) is 24.6 Å². The molecule has 0 amide bonds. The van der Waals surface area contributed by atoms with Crippen LogP contribution in [0.3, 0.4) is 0 Å². The van der Waals surface area contributed by atoms with Gasteiger partial charge in [-0.3, -0.25) is 5.41 Å². The van der Waals surface area contributed by atoms with Gasteiger partial charge in [-0.25, -0.2) is 0 Å². The first-order chi connectivity index (χ1) is 8.18. The van der Waals surface area contributed by atoms with E-state index in [4.69, 9.17) is 11.1 Å². The fourth-order valence-electron chi connectivity index (χ4n) is 1.61. The van der Waals surface area contributed by atoms with Gasteiger partial charge in [0.25, 0.3) is 0 Å². The molecule has 0 fully saturated rings. The van der Waals surface area contributed by atoms with E-state index in [-0.39, 0.29) is 5.84 Å². The summed E-state index contributed by atoms with van der Waals surface area (Å²) in [5, 5.41) is 7.60. The van der Waals surface area contributed by atoms with Crippen LogP contribution in [-0.2, 0) is 0 Å². The van der Waals surface area contributed by atoms with Crippen molar-refractivity contribution in [1.82, 2.24) is 0 Å². The van der Waals surface area contributed by atoms with Crippen LogP contribution in [0.2, 0.25) is 0 Å². The molecule has 0 heterocycles. The summed E-state index contributed by atoms with van der Waals surface area (Å²) in [7, 11) is 0. The molecule has 0 aliphatic rings. The summed E-state index contributed by atoms with van der Waals surface area (Å²) in [6, 6.07) is 16.0. The molecule has 0 aliphatic carbocycles. The number of aryl methyl sites for hydroxylation is 1. The molecule has 3 N–H and O–H groups in total. The monoisotopic (exact) mass is 242 g/mol. The number of amidine groups is 1. The number of nitrogen functional groups attached to an aromatic ring is 1. The molecule has 2 rings (SSSR count). The van der Waals surface area contributed by atoms with Crippen molar-refractivity contribution in [2.45, 2.75) is 16.7 Å². The first kappa shape index (κ1) is 11.7. The zero-order valence-corrected chi connectivity index (χ0v) is 10.4. The summed E-state index contributed by atoms with van der Waals surface area (Å²) in [6.45, 7) is 2.04. The zero-order valence-electron chi connectivity index (χ0n) is 9.60. The van der Waals surface area contributed by atoms with Gasteiger partial charge in [-0.15, -0.1) is 0 Å². The quantitative estimate of drug-likeness (QED) is 0.640. The van der Waals surface area contributed by atoms with Crippen LogP contribution in [0, 0.1) is 12.3 Å². The van der Waals surface area contributed by atoms with Crippen molar-refractivity contribution in [2.75, 3.05) is 0 Å². The molecule has 0 aliphatic heterocycles. The minimum absolute atomic E-state index is 0.118. The van der Waals surface area contributed by atoms with Crippen LogP contribution in [0.1, 0.15) is 11.1 Å². The minimum Gasteiger partial charge on any atom is -0.384 e. The number of nitrogens with one attached hydrogen (secondary N) is 1. The molecule has 0 spiro atoms. The lowest BCUT2D eigenvalue weighted by Gasteiger charge is -2.10. The Morgan fingerprint density at radius 3 is 2.41 bits per heavy atom. The summed E-state index contributed by atoms with van der Waals surface area (Å²) in [5.41, 5.74) is 7.56. The van der Waals surface area contributed by atoms with Gasteiger partial charge in [-0.2, -0.15) is 0 Å². The summed E-state index contributed by atoms with van der Waals surface area (Å²) < 4.78 is 0. The third-order valence-corrected chi connectivity index (χ3v) is 3.72. The maximum atomic E-state index is 7.60. The van der Waals surface area contributed by atoms with Crippen molar-refractivity contribution in [1.29, 1.82) is 5.41 Å². The Bertz CT molecular complexity index is 535. The van der Waals surface area contributed by atoms with Crippen LogP contribution >= 0.6 is 11.8 Å². The smallest absolute Gasteiger partial charge is 0.123 e. The molecule has 0 saturated carbocycles. The van der Waals surface area contributed by atoms with Crippen LogP contribution < -0.4 is 5.73 Å². The standard InChI is InChI=1S/C14H14N2S/c1-10-6-5-9-12(14(15)16)13(10)17-11-7-3-2-4-8-11/h2-9H,1H3,(H3,15,16). The maximum absolute atomic E-state index is 7.60. The van der Waals surface area contributed by atoms with Crippen molar-refractivity contribution in [3.05, 3.63) is 59.7 Å². The van der Waals surface area contributed by atoms with E-state index in [1.165, 1.54) is 0 Å². The van der Waals surface area contributed by atoms with Crippen LogP contribution in [-0.4, -0.2) is 5.84 Å². The van der Waals surface area contributed by atoms with Gasteiger partial charge < -0.3 is 5.73 Å². The average molecular weight is 242 g/mol. The van der Waals surface area contributed by atoms with Gasteiger partial charge in [-0.1, -0.05) is 48.2 Å². The molecule has 0 radical (unpaired) electrons. The first-order valence-electron chi connectivity index (χ1n) is 5.35. The molecule has 86 valence electrons. The Morgan fingerprint density at radius 2 is 1.76 bits per heavy atom. The van der Waals surface area contributed by atoms with Crippen molar-refractivity contribution in [3.8, 4) is 0 Å². The van der Waals surface area contributed by atoms with E-state index in [1.807, 2.05) is 43.3 Å². The lowest BCUT2D eigenvalue weighted by molar-refractivity contribution is 1.25. The van der Waals surface area contributed by atoms with Crippen LogP contribution in [0.25, 0.3) is 0 Å². The molecule has 0 bridgehead atoms. The summed E-state index contributed by atoms with van der Waals surface area (Å²) in [6.07, 6.45) is 0. The number of hydrogen-bond acceptors (Lipinski definition) is 2. The number of benzene rings is 2. The van der Waals surface area contributed by atoms with Gasteiger partial charge in [0.15, 0.2) is 0 Å². The third kappa shape index (κ3) is 2.68. The Balaban J connectivity index is 2.41. The second-order valence-corrected chi connectivity index (χ2v) is 4.86. The Kier molecular flexibility index (Phi) is 3.49. The van der Waals surface area contributed by atoms with Crippen molar-refractivity contribution in [2.24, 2.45) is 5.73 Å². The Morgan fingerprint density at radius 1 is 1.06 bits per heavy atom. The van der Waals surface area contributed by atoms with Gasteiger partial charge in [0.1, 0.15) is 5.84 Å². The lowest BCUT2D eigenvalue weighted by Crippen LogP contribution is -2.12. The topological polar surface area (TPSA) is 49.9 Å². The summed E-state index contributed by atoms with van der Waals surface area (Å²) in [5.74, 6) is 0.118. The van der Waals surface area contributed by atoms with Crippen molar-refractivity contribution >= 4 is 17.6 Å². The van der Waals surface area contributed by atoms with E-state index in [0.717, 1.165) is 20.9 Å². The van der Waals surface area contributed by atoms with E-state index in [9.17, 15) is 0 Å². The molecule has 0 aromatic heterocycles.